The Kier molecular flexibility index (Phi) is 8.55. The number of alkyl carbamates (subject to hydrolysis) is 1. The molecular formula is C26H40N4O5S. The Hall–Kier alpha value is -2.20. The first-order valence-electron chi connectivity index (χ1n) is 13.3. The fourth-order valence-corrected chi connectivity index (χ4v) is 6.56. The number of rotatable bonds is 6. The molecule has 0 spiro atoms. The molecule has 2 aliphatic heterocycles. The zero-order chi connectivity index (χ0) is 25.9. The molecule has 0 unspecified atom stereocenters. The molecule has 0 bridgehead atoms. The molecule has 10 heteroatoms. The van der Waals surface area contributed by atoms with Crippen molar-refractivity contribution in [3.05, 3.63) is 16.1 Å². The van der Waals surface area contributed by atoms with Crippen molar-refractivity contribution in [1.29, 1.82) is 0 Å². The average molecular weight is 521 g/mol. The number of aromatic nitrogens is 1. The van der Waals surface area contributed by atoms with Crippen molar-refractivity contribution in [2.75, 3.05) is 26.2 Å². The van der Waals surface area contributed by atoms with Crippen LogP contribution in [0.2, 0.25) is 0 Å². The van der Waals surface area contributed by atoms with Crippen molar-refractivity contribution in [3.63, 3.8) is 0 Å². The molecule has 200 valence electrons. The molecule has 0 radical (unpaired) electrons. The minimum Gasteiger partial charge on any atom is -0.461 e. The van der Waals surface area contributed by atoms with Gasteiger partial charge in [0.15, 0.2) is 5.69 Å². The van der Waals surface area contributed by atoms with Crippen molar-refractivity contribution in [1.82, 2.24) is 20.1 Å². The van der Waals surface area contributed by atoms with Gasteiger partial charge in [0.1, 0.15) is 16.7 Å². The van der Waals surface area contributed by atoms with Crippen LogP contribution in [0.15, 0.2) is 5.38 Å². The SMILES string of the molecule is CCOC(=O)c1csc([C@@H]2CN3CCC[C@@H]3CN2C(=O)[C@@H](NC(=O)OC(C)(C)C)C2CCCCC2)n1. The number of carbonyl (C=O) groups excluding carboxylic acids is 3. The summed E-state index contributed by atoms with van der Waals surface area (Å²) in [6.07, 6.45) is 6.68. The molecule has 4 rings (SSSR count). The summed E-state index contributed by atoms with van der Waals surface area (Å²) in [4.78, 5) is 48.2. The van der Waals surface area contributed by atoms with Gasteiger partial charge in [-0.15, -0.1) is 11.3 Å². The standard InChI is InChI=1S/C26H40N4O5S/c1-5-34-24(32)19-16-36-22(27-19)20-15-29-13-9-12-18(29)14-30(20)23(31)21(17-10-7-6-8-11-17)28-25(33)35-26(2,3)4/h16-18,20-21H,5-15H2,1-4H3,(H,28,33)/t18-,20+,21+/m1/s1. The highest BCUT2D eigenvalue weighted by Gasteiger charge is 2.44. The van der Waals surface area contributed by atoms with Crippen molar-refractivity contribution in [2.45, 2.75) is 96.4 Å². The maximum Gasteiger partial charge on any atom is 0.408 e. The third-order valence-electron chi connectivity index (χ3n) is 7.32. The fourth-order valence-electron chi connectivity index (χ4n) is 5.67. The molecule has 0 aromatic carbocycles. The maximum absolute atomic E-state index is 14.2. The second-order valence-corrected chi connectivity index (χ2v) is 12.0. The molecule has 2 amide bonds. The van der Waals surface area contributed by atoms with E-state index in [-0.39, 0.29) is 30.2 Å². The number of hydrogen-bond acceptors (Lipinski definition) is 8. The summed E-state index contributed by atoms with van der Waals surface area (Å²) < 4.78 is 10.7. The summed E-state index contributed by atoms with van der Waals surface area (Å²) in [6.45, 7) is 9.79. The Morgan fingerprint density at radius 1 is 1.14 bits per heavy atom. The zero-order valence-corrected chi connectivity index (χ0v) is 22.8. The first-order valence-corrected chi connectivity index (χ1v) is 14.2. The van der Waals surface area contributed by atoms with Crippen molar-refractivity contribution in [3.8, 4) is 0 Å². The molecule has 1 saturated carbocycles. The van der Waals surface area contributed by atoms with Crippen LogP contribution < -0.4 is 5.32 Å². The van der Waals surface area contributed by atoms with Crippen molar-refractivity contribution >= 4 is 29.3 Å². The minimum atomic E-state index is -0.646. The monoisotopic (exact) mass is 520 g/mol. The molecule has 36 heavy (non-hydrogen) atoms. The lowest BCUT2D eigenvalue weighted by atomic mass is 9.83. The van der Waals surface area contributed by atoms with E-state index in [4.69, 9.17) is 9.47 Å². The molecule has 3 fully saturated rings. The highest BCUT2D eigenvalue weighted by Crippen LogP contribution is 2.36. The van der Waals surface area contributed by atoms with Crippen LogP contribution in [0.1, 0.15) is 94.2 Å². The van der Waals surface area contributed by atoms with E-state index in [2.05, 4.69) is 15.2 Å². The Morgan fingerprint density at radius 2 is 1.89 bits per heavy atom. The summed E-state index contributed by atoms with van der Waals surface area (Å²) in [5.74, 6) is -0.441. The van der Waals surface area contributed by atoms with Crippen molar-refractivity contribution < 1.29 is 23.9 Å². The summed E-state index contributed by atoms with van der Waals surface area (Å²) in [6, 6.07) is -0.602. The number of hydrogen-bond donors (Lipinski definition) is 1. The number of thiazole rings is 1. The van der Waals surface area contributed by atoms with Crippen LogP contribution in [-0.2, 0) is 14.3 Å². The summed E-state index contributed by atoms with van der Waals surface area (Å²) in [5, 5.41) is 5.40. The first kappa shape index (κ1) is 26.9. The van der Waals surface area contributed by atoms with E-state index in [1.54, 1.807) is 12.3 Å². The van der Waals surface area contributed by atoms with E-state index >= 15 is 0 Å². The second-order valence-electron chi connectivity index (χ2n) is 11.1. The molecule has 3 aliphatic rings. The largest absolute Gasteiger partial charge is 0.461 e. The third kappa shape index (κ3) is 6.37. The van der Waals surface area contributed by atoms with E-state index in [0.29, 0.717) is 19.1 Å². The number of nitrogens with one attached hydrogen (secondary N) is 1. The van der Waals surface area contributed by atoms with Gasteiger partial charge in [-0.3, -0.25) is 9.69 Å². The average Bonchev–Trinajstić information content (AvgIpc) is 3.50. The number of ether oxygens (including phenoxy) is 2. The van der Waals surface area contributed by atoms with Gasteiger partial charge >= 0.3 is 12.1 Å². The summed E-state index contributed by atoms with van der Waals surface area (Å²) in [7, 11) is 0. The van der Waals surface area contributed by atoms with Crippen LogP contribution in [-0.4, -0.2) is 76.7 Å². The molecule has 3 heterocycles. The smallest absolute Gasteiger partial charge is 0.408 e. The molecular weight excluding hydrogens is 480 g/mol. The van der Waals surface area contributed by atoms with Gasteiger partial charge in [0.2, 0.25) is 5.91 Å². The predicted molar refractivity (Wildman–Crippen MR) is 137 cm³/mol. The normalized spacial score (nSPS) is 24.2. The fraction of sp³-hybridized carbons (Fsp3) is 0.769. The lowest BCUT2D eigenvalue weighted by Crippen LogP contribution is -2.60. The number of piperazine rings is 1. The van der Waals surface area contributed by atoms with Crippen LogP contribution >= 0.6 is 11.3 Å². The van der Waals surface area contributed by atoms with Gasteiger partial charge in [-0.2, -0.15) is 0 Å². The van der Waals surface area contributed by atoms with E-state index in [1.165, 1.54) is 11.3 Å². The highest BCUT2D eigenvalue weighted by molar-refractivity contribution is 7.09. The van der Waals surface area contributed by atoms with E-state index < -0.39 is 23.7 Å². The molecule has 1 N–H and O–H groups in total. The highest BCUT2D eigenvalue weighted by atomic mass is 32.1. The molecule has 2 saturated heterocycles. The summed E-state index contributed by atoms with van der Waals surface area (Å²) in [5.41, 5.74) is -0.365. The molecule has 1 aromatic rings. The molecule has 1 aromatic heterocycles. The van der Waals surface area contributed by atoms with Crippen LogP contribution in [0.3, 0.4) is 0 Å². The van der Waals surface area contributed by atoms with Crippen LogP contribution in [0, 0.1) is 5.92 Å². The molecule has 3 atom stereocenters. The van der Waals surface area contributed by atoms with Gasteiger partial charge in [0, 0.05) is 24.5 Å². The number of esters is 1. The second kappa shape index (κ2) is 11.5. The predicted octanol–water partition coefficient (Wildman–Crippen LogP) is 4.14. The van der Waals surface area contributed by atoms with E-state index in [0.717, 1.165) is 56.5 Å². The van der Waals surface area contributed by atoms with Crippen LogP contribution in [0.25, 0.3) is 0 Å². The lowest BCUT2D eigenvalue weighted by molar-refractivity contribution is -0.141. The van der Waals surface area contributed by atoms with Crippen molar-refractivity contribution in [2.24, 2.45) is 5.92 Å². The van der Waals surface area contributed by atoms with Gasteiger partial charge in [-0.25, -0.2) is 14.6 Å². The summed E-state index contributed by atoms with van der Waals surface area (Å²) >= 11 is 1.39. The van der Waals surface area contributed by atoms with E-state index in [1.807, 2.05) is 25.7 Å². The quantitative estimate of drug-likeness (QED) is 0.563. The third-order valence-corrected chi connectivity index (χ3v) is 8.27. The number of fused-ring (bicyclic) bond motifs is 1. The van der Waals surface area contributed by atoms with E-state index in [9.17, 15) is 14.4 Å². The number of carbonyl (C=O) groups is 3. The first-order chi connectivity index (χ1) is 17.2. The topological polar surface area (TPSA) is 101 Å². The maximum atomic E-state index is 14.2. The van der Waals surface area contributed by atoms with Gasteiger partial charge in [0.25, 0.3) is 0 Å². The van der Waals surface area contributed by atoms with Crippen LogP contribution in [0.4, 0.5) is 4.79 Å². The van der Waals surface area contributed by atoms with Crippen LogP contribution in [0.5, 0.6) is 0 Å². The zero-order valence-electron chi connectivity index (χ0n) is 22.0. The number of amides is 2. The number of nitrogens with zero attached hydrogens (tertiary/aromatic N) is 3. The lowest BCUT2D eigenvalue weighted by Gasteiger charge is -2.45. The Morgan fingerprint density at radius 3 is 2.58 bits per heavy atom. The van der Waals surface area contributed by atoms with Gasteiger partial charge in [-0.1, -0.05) is 19.3 Å². The van der Waals surface area contributed by atoms with Gasteiger partial charge in [-0.05, 0) is 65.8 Å². The van der Waals surface area contributed by atoms with Gasteiger partial charge in [0.05, 0.1) is 12.6 Å². The molecule has 9 nitrogen and oxygen atoms in total. The van der Waals surface area contributed by atoms with Gasteiger partial charge < -0.3 is 19.7 Å². The minimum absolute atomic E-state index is 0.0720. The Balaban J connectivity index is 1.60. The Labute approximate surface area is 217 Å². The Bertz CT molecular complexity index is 939. The molecule has 1 aliphatic carbocycles.